The summed E-state index contributed by atoms with van der Waals surface area (Å²) >= 11 is 0. The van der Waals surface area contributed by atoms with Crippen LogP contribution in [0.25, 0.3) is 0 Å². The summed E-state index contributed by atoms with van der Waals surface area (Å²) in [5, 5.41) is 3.43. The zero-order valence-corrected chi connectivity index (χ0v) is 11.9. The van der Waals surface area contributed by atoms with Crippen LogP contribution in [-0.4, -0.2) is 18.1 Å². The Kier molecular flexibility index (Phi) is 5.13. The summed E-state index contributed by atoms with van der Waals surface area (Å²) in [5.41, 5.74) is 2.80. The van der Waals surface area contributed by atoms with Crippen molar-refractivity contribution in [1.29, 1.82) is 0 Å². The number of rotatable bonds is 6. The molecule has 2 heteroatoms. The van der Waals surface area contributed by atoms with Gasteiger partial charge in [0.1, 0.15) is 0 Å². The van der Waals surface area contributed by atoms with Gasteiger partial charge in [-0.3, -0.25) is 4.98 Å². The van der Waals surface area contributed by atoms with Gasteiger partial charge in [0.15, 0.2) is 0 Å². The maximum Gasteiger partial charge on any atom is 0.0419 e. The van der Waals surface area contributed by atoms with Crippen LogP contribution >= 0.6 is 0 Å². The van der Waals surface area contributed by atoms with Gasteiger partial charge in [-0.15, -0.1) is 0 Å². The molecule has 17 heavy (non-hydrogen) atoms. The monoisotopic (exact) mass is 234 g/mol. The van der Waals surface area contributed by atoms with Crippen LogP contribution in [0.2, 0.25) is 0 Å². The average Bonchev–Trinajstić information content (AvgIpc) is 2.36. The molecule has 1 aromatic rings. The number of nitrogens with one attached hydrogen (secondary N) is 1. The van der Waals surface area contributed by atoms with E-state index < -0.39 is 0 Å². The standard InChI is InChI=1S/C15H26N2/c1-6-12-8-9-13(17-11-12)10-14(16-5)15(3,4)7-2/h8-9,11,14,16H,6-7,10H2,1-5H3. The van der Waals surface area contributed by atoms with Gasteiger partial charge in [0.25, 0.3) is 0 Å². The molecule has 1 N–H and O–H groups in total. The number of pyridine rings is 1. The van der Waals surface area contributed by atoms with Gasteiger partial charge in [-0.1, -0.05) is 33.8 Å². The maximum atomic E-state index is 4.55. The highest BCUT2D eigenvalue weighted by molar-refractivity contribution is 5.15. The van der Waals surface area contributed by atoms with Crippen molar-refractivity contribution in [3.05, 3.63) is 29.6 Å². The Hall–Kier alpha value is -0.890. The molecule has 0 spiro atoms. The Balaban J connectivity index is 2.73. The molecule has 0 aromatic carbocycles. The normalized spacial score (nSPS) is 13.7. The van der Waals surface area contributed by atoms with Crippen LogP contribution in [-0.2, 0) is 12.8 Å². The van der Waals surface area contributed by atoms with Gasteiger partial charge >= 0.3 is 0 Å². The Labute approximate surface area is 106 Å². The van der Waals surface area contributed by atoms with E-state index in [0.29, 0.717) is 11.5 Å². The molecule has 0 bridgehead atoms. The fourth-order valence-electron chi connectivity index (χ4n) is 2.01. The topological polar surface area (TPSA) is 24.9 Å². The Morgan fingerprint density at radius 2 is 2.00 bits per heavy atom. The van der Waals surface area contributed by atoms with Crippen LogP contribution in [0.1, 0.15) is 45.4 Å². The lowest BCUT2D eigenvalue weighted by Crippen LogP contribution is -2.41. The van der Waals surface area contributed by atoms with E-state index in [9.17, 15) is 0 Å². The molecule has 0 fully saturated rings. The zero-order valence-electron chi connectivity index (χ0n) is 11.9. The molecule has 0 saturated heterocycles. The van der Waals surface area contributed by atoms with Gasteiger partial charge in [0.05, 0.1) is 0 Å². The van der Waals surface area contributed by atoms with E-state index in [2.05, 4.69) is 50.1 Å². The number of hydrogen-bond acceptors (Lipinski definition) is 2. The van der Waals surface area contributed by atoms with Crippen molar-refractivity contribution in [2.45, 2.75) is 53.0 Å². The highest BCUT2D eigenvalue weighted by Crippen LogP contribution is 2.26. The molecule has 0 aliphatic rings. The van der Waals surface area contributed by atoms with Gasteiger partial charge in [0, 0.05) is 24.4 Å². The molecule has 1 heterocycles. The van der Waals surface area contributed by atoms with Crippen molar-refractivity contribution in [2.75, 3.05) is 7.05 Å². The summed E-state index contributed by atoms with van der Waals surface area (Å²) in [7, 11) is 2.04. The van der Waals surface area contributed by atoms with E-state index in [1.165, 1.54) is 17.7 Å². The van der Waals surface area contributed by atoms with Crippen LogP contribution in [0.5, 0.6) is 0 Å². The largest absolute Gasteiger partial charge is 0.316 e. The predicted octanol–water partition coefficient (Wildman–Crippen LogP) is 3.21. The molecule has 0 aliphatic heterocycles. The smallest absolute Gasteiger partial charge is 0.0419 e. The summed E-state index contributed by atoms with van der Waals surface area (Å²) in [6, 6.07) is 4.83. The summed E-state index contributed by atoms with van der Waals surface area (Å²) in [5.74, 6) is 0. The van der Waals surface area contributed by atoms with E-state index in [4.69, 9.17) is 0 Å². The van der Waals surface area contributed by atoms with Crippen molar-refractivity contribution in [1.82, 2.24) is 10.3 Å². The number of nitrogens with zero attached hydrogens (tertiary/aromatic N) is 1. The van der Waals surface area contributed by atoms with E-state index in [1.807, 2.05) is 13.2 Å². The fraction of sp³-hybridized carbons (Fsp3) is 0.667. The molecule has 1 aromatic heterocycles. The van der Waals surface area contributed by atoms with Gasteiger partial charge in [-0.25, -0.2) is 0 Å². The number of aromatic nitrogens is 1. The van der Waals surface area contributed by atoms with Gasteiger partial charge in [-0.05, 0) is 36.9 Å². The van der Waals surface area contributed by atoms with Crippen molar-refractivity contribution in [2.24, 2.45) is 5.41 Å². The summed E-state index contributed by atoms with van der Waals surface area (Å²) < 4.78 is 0. The minimum Gasteiger partial charge on any atom is -0.316 e. The summed E-state index contributed by atoms with van der Waals surface area (Å²) in [6.45, 7) is 9.04. The van der Waals surface area contributed by atoms with E-state index in [-0.39, 0.29) is 0 Å². The second-order valence-corrected chi connectivity index (χ2v) is 5.40. The first-order valence-corrected chi connectivity index (χ1v) is 6.64. The first kappa shape index (κ1) is 14.2. The molecular weight excluding hydrogens is 208 g/mol. The molecule has 0 amide bonds. The number of likely N-dealkylation sites (N-methyl/N-ethyl adjacent to an activating group) is 1. The lowest BCUT2D eigenvalue weighted by molar-refractivity contribution is 0.239. The average molecular weight is 234 g/mol. The maximum absolute atomic E-state index is 4.55. The number of aryl methyl sites for hydroxylation is 1. The molecule has 1 unspecified atom stereocenters. The minimum absolute atomic E-state index is 0.305. The second-order valence-electron chi connectivity index (χ2n) is 5.40. The first-order valence-electron chi connectivity index (χ1n) is 6.64. The molecular formula is C15H26N2. The third-order valence-electron chi connectivity index (χ3n) is 3.91. The first-order chi connectivity index (χ1) is 8.03. The van der Waals surface area contributed by atoms with E-state index in [0.717, 1.165) is 12.8 Å². The van der Waals surface area contributed by atoms with Crippen LogP contribution in [0.3, 0.4) is 0 Å². The fourth-order valence-corrected chi connectivity index (χ4v) is 2.01. The van der Waals surface area contributed by atoms with Crippen LogP contribution < -0.4 is 5.32 Å². The Morgan fingerprint density at radius 3 is 2.41 bits per heavy atom. The van der Waals surface area contributed by atoms with Crippen LogP contribution in [0, 0.1) is 5.41 Å². The SMILES string of the molecule is CCc1ccc(CC(NC)C(C)(C)CC)nc1. The van der Waals surface area contributed by atoms with Gasteiger partial charge in [0.2, 0.25) is 0 Å². The second kappa shape index (κ2) is 6.15. The zero-order chi connectivity index (χ0) is 12.9. The summed E-state index contributed by atoms with van der Waals surface area (Å²) in [4.78, 5) is 4.55. The molecule has 1 atom stereocenters. The Bertz CT molecular complexity index is 327. The van der Waals surface area contributed by atoms with Crippen molar-refractivity contribution < 1.29 is 0 Å². The third kappa shape index (κ3) is 3.81. The third-order valence-corrected chi connectivity index (χ3v) is 3.91. The molecule has 1 rings (SSSR count). The van der Waals surface area contributed by atoms with Crippen LogP contribution in [0.4, 0.5) is 0 Å². The van der Waals surface area contributed by atoms with Crippen molar-refractivity contribution in [3.8, 4) is 0 Å². The molecule has 0 radical (unpaired) electrons. The molecule has 96 valence electrons. The van der Waals surface area contributed by atoms with Crippen molar-refractivity contribution in [3.63, 3.8) is 0 Å². The van der Waals surface area contributed by atoms with Gasteiger partial charge in [-0.2, -0.15) is 0 Å². The quantitative estimate of drug-likeness (QED) is 0.817. The molecule has 0 saturated carbocycles. The summed E-state index contributed by atoms with van der Waals surface area (Å²) in [6.07, 6.45) is 5.23. The lowest BCUT2D eigenvalue weighted by atomic mass is 9.79. The lowest BCUT2D eigenvalue weighted by Gasteiger charge is -2.33. The molecule has 2 nitrogen and oxygen atoms in total. The van der Waals surface area contributed by atoms with E-state index >= 15 is 0 Å². The molecule has 0 aliphatic carbocycles. The van der Waals surface area contributed by atoms with Crippen LogP contribution in [0.15, 0.2) is 18.3 Å². The predicted molar refractivity (Wildman–Crippen MR) is 74.2 cm³/mol. The van der Waals surface area contributed by atoms with Crippen molar-refractivity contribution >= 4 is 0 Å². The highest BCUT2D eigenvalue weighted by Gasteiger charge is 2.26. The van der Waals surface area contributed by atoms with Gasteiger partial charge < -0.3 is 5.32 Å². The minimum atomic E-state index is 0.305. The highest BCUT2D eigenvalue weighted by atomic mass is 14.9. The number of hydrogen-bond donors (Lipinski definition) is 1. The Morgan fingerprint density at radius 1 is 1.29 bits per heavy atom. The van der Waals surface area contributed by atoms with E-state index in [1.54, 1.807) is 0 Å².